The van der Waals surface area contributed by atoms with Crippen molar-refractivity contribution in [2.45, 2.75) is 32.4 Å². The van der Waals surface area contributed by atoms with E-state index in [4.69, 9.17) is 0 Å². The highest BCUT2D eigenvalue weighted by atomic mass is 16.2. The second-order valence-electron chi connectivity index (χ2n) is 5.18. The van der Waals surface area contributed by atoms with Crippen LogP contribution in [0.3, 0.4) is 0 Å². The molecule has 0 saturated heterocycles. The number of amides is 2. The molecule has 0 aliphatic carbocycles. The Morgan fingerprint density at radius 1 is 0.905 bits per heavy atom. The fourth-order valence-corrected chi connectivity index (χ4v) is 2.15. The van der Waals surface area contributed by atoms with Crippen LogP contribution < -0.4 is 10.6 Å². The molecule has 0 bridgehead atoms. The number of benzene rings is 2. The van der Waals surface area contributed by atoms with E-state index < -0.39 is 0 Å². The molecule has 0 unspecified atom stereocenters. The summed E-state index contributed by atoms with van der Waals surface area (Å²) < 4.78 is 0. The summed E-state index contributed by atoms with van der Waals surface area (Å²) in [5.41, 5.74) is 2.14. The predicted molar refractivity (Wildman–Crippen MR) is 86.1 cm³/mol. The van der Waals surface area contributed by atoms with Gasteiger partial charge in [0.05, 0.1) is 6.04 Å². The largest absolute Gasteiger partial charge is 0.336 e. The molecular weight excluding hydrogens is 260 g/mol. The zero-order valence-corrected chi connectivity index (χ0v) is 12.5. The molecule has 21 heavy (non-hydrogen) atoms. The van der Waals surface area contributed by atoms with E-state index in [1.165, 1.54) is 0 Å². The van der Waals surface area contributed by atoms with Crippen LogP contribution in [0.2, 0.25) is 0 Å². The molecule has 2 amide bonds. The smallest absolute Gasteiger partial charge is 0.315 e. The maximum absolute atomic E-state index is 12.1. The van der Waals surface area contributed by atoms with Crippen molar-refractivity contribution < 1.29 is 4.79 Å². The predicted octanol–water partition coefficient (Wildman–Crippen LogP) is 3.87. The van der Waals surface area contributed by atoms with Gasteiger partial charge in [-0.3, -0.25) is 0 Å². The Kier molecular flexibility index (Phi) is 5.38. The molecule has 3 heteroatoms. The van der Waals surface area contributed by atoms with E-state index in [0.717, 1.165) is 17.5 Å². The van der Waals surface area contributed by atoms with Gasteiger partial charge in [-0.05, 0) is 24.5 Å². The van der Waals surface area contributed by atoms with Crippen molar-refractivity contribution >= 4 is 6.03 Å². The monoisotopic (exact) mass is 282 g/mol. The lowest BCUT2D eigenvalue weighted by Gasteiger charge is -2.21. The van der Waals surface area contributed by atoms with Crippen molar-refractivity contribution in [3.05, 3.63) is 71.8 Å². The Labute approximate surface area is 126 Å². The van der Waals surface area contributed by atoms with E-state index in [2.05, 4.69) is 17.6 Å². The second-order valence-corrected chi connectivity index (χ2v) is 5.18. The molecule has 0 radical (unpaired) electrons. The first-order valence-electron chi connectivity index (χ1n) is 7.37. The van der Waals surface area contributed by atoms with Crippen LogP contribution >= 0.6 is 0 Å². The zero-order valence-electron chi connectivity index (χ0n) is 12.5. The third-order valence-electron chi connectivity index (χ3n) is 3.53. The highest BCUT2D eigenvalue weighted by Crippen LogP contribution is 2.21. The van der Waals surface area contributed by atoms with Gasteiger partial charge in [0, 0.05) is 6.04 Å². The fourth-order valence-electron chi connectivity index (χ4n) is 2.15. The Morgan fingerprint density at radius 3 is 1.81 bits per heavy atom. The molecule has 0 saturated carbocycles. The highest BCUT2D eigenvalue weighted by Gasteiger charge is 2.16. The minimum absolute atomic E-state index is 0.137. The lowest BCUT2D eigenvalue weighted by Crippen LogP contribution is -2.42. The number of carbonyl (C=O) groups is 1. The van der Waals surface area contributed by atoms with Crippen LogP contribution in [0.25, 0.3) is 0 Å². The van der Waals surface area contributed by atoms with E-state index in [1.807, 2.05) is 67.6 Å². The number of carbonyl (C=O) groups excluding carboxylic acids is 1. The molecule has 0 aliphatic rings. The molecule has 110 valence electrons. The average Bonchev–Trinajstić information content (AvgIpc) is 2.54. The second kappa shape index (κ2) is 7.48. The SMILES string of the molecule is CC[C@@H](C)NC(=O)NC(c1ccccc1)c1ccccc1. The normalized spacial score (nSPS) is 12.0. The molecule has 1 atom stereocenters. The molecule has 0 aliphatic heterocycles. The van der Waals surface area contributed by atoms with Gasteiger partial charge in [-0.2, -0.15) is 0 Å². The Balaban J connectivity index is 2.19. The van der Waals surface area contributed by atoms with Gasteiger partial charge < -0.3 is 10.6 Å². The van der Waals surface area contributed by atoms with E-state index in [9.17, 15) is 4.79 Å². The van der Waals surface area contributed by atoms with E-state index in [1.54, 1.807) is 0 Å². The summed E-state index contributed by atoms with van der Waals surface area (Å²) in [5, 5.41) is 6.01. The van der Waals surface area contributed by atoms with Gasteiger partial charge in [0.2, 0.25) is 0 Å². The first-order chi connectivity index (χ1) is 10.2. The first-order valence-corrected chi connectivity index (χ1v) is 7.37. The first kappa shape index (κ1) is 15.1. The molecule has 0 fully saturated rings. The lowest BCUT2D eigenvalue weighted by atomic mass is 9.99. The van der Waals surface area contributed by atoms with Crippen LogP contribution in [0, 0.1) is 0 Å². The Morgan fingerprint density at radius 2 is 1.38 bits per heavy atom. The van der Waals surface area contributed by atoms with Gasteiger partial charge in [0.15, 0.2) is 0 Å². The number of hydrogen-bond acceptors (Lipinski definition) is 1. The van der Waals surface area contributed by atoms with Crippen molar-refractivity contribution in [2.24, 2.45) is 0 Å². The van der Waals surface area contributed by atoms with Gasteiger partial charge in [0.1, 0.15) is 0 Å². The summed E-state index contributed by atoms with van der Waals surface area (Å²) >= 11 is 0. The van der Waals surface area contributed by atoms with Crippen LogP contribution in [0.4, 0.5) is 4.79 Å². The average molecular weight is 282 g/mol. The Bertz CT molecular complexity index is 514. The summed E-state index contributed by atoms with van der Waals surface area (Å²) in [6, 6.07) is 19.9. The molecule has 2 aromatic carbocycles. The summed E-state index contributed by atoms with van der Waals surface area (Å²) in [5.74, 6) is 0. The summed E-state index contributed by atoms with van der Waals surface area (Å²) in [7, 11) is 0. The standard InChI is InChI=1S/C18H22N2O/c1-3-14(2)19-18(21)20-17(15-10-6-4-7-11-15)16-12-8-5-9-13-16/h4-14,17H,3H2,1-2H3,(H2,19,20,21)/t14-/m1/s1. The minimum atomic E-state index is -0.142. The molecule has 0 spiro atoms. The van der Waals surface area contributed by atoms with Crippen LogP contribution in [0.5, 0.6) is 0 Å². The van der Waals surface area contributed by atoms with Crippen molar-refractivity contribution in [3.63, 3.8) is 0 Å². The van der Waals surface area contributed by atoms with Gasteiger partial charge in [-0.1, -0.05) is 67.6 Å². The zero-order chi connectivity index (χ0) is 15.1. The van der Waals surface area contributed by atoms with Crippen molar-refractivity contribution in [2.75, 3.05) is 0 Å². The molecular formula is C18H22N2O. The fraction of sp³-hybridized carbons (Fsp3) is 0.278. The molecule has 2 N–H and O–H groups in total. The number of urea groups is 1. The van der Waals surface area contributed by atoms with Crippen LogP contribution in [-0.2, 0) is 0 Å². The summed E-state index contributed by atoms with van der Waals surface area (Å²) in [6.45, 7) is 4.05. The third-order valence-corrected chi connectivity index (χ3v) is 3.53. The van der Waals surface area contributed by atoms with Gasteiger partial charge >= 0.3 is 6.03 Å². The quantitative estimate of drug-likeness (QED) is 0.858. The number of hydrogen-bond donors (Lipinski definition) is 2. The molecule has 0 aromatic heterocycles. The maximum atomic E-state index is 12.1. The topological polar surface area (TPSA) is 41.1 Å². The van der Waals surface area contributed by atoms with E-state index in [-0.39, 0.29) is 18.1 Å². The highest BCUT2D eigenvalue weighted by molar-refractivity contribution is 5.75. The maximum Gasteiger partial charge on any atom is 0.315 e. The third kappa shape index (κ3) is 4.35. The lowest BCUT2D eigenvalue weighted by molar-refractivity contribution is 0.235. The molecule has 0 heterocycles. The van der Waals surface area contributed by atoms with Crippen molar-refractivity contribution in [1.82, 2.24) is 10.6 Å². The van der Waals surface area contributed by atoms with E-state index in [0.29, 0.717) is 0 Å². The van der Waals surface area contributed by atoms with Gasteiger partial charge in [-0.25, -0.2) is 4.79 Å². The van der Waals surface area contributed by atoms with Crippen molar-refractivity contribution in [1.29, 1.82) is 0 Å². The minimum Gasteiger partial charge on any atom is -0.336 e. The van der Waals surface area contributed by atoms with E-state index >= 15 is 0 Å². The van der Waals surface area contributed by atoms with Crippen LogP contribution in [0.15, 0.2) is 60.7 Å². The van der Waals surface area contributed by atoms with Crippen LogP contribution in [-0.4, -0.2) is 12.1 Å². The van der Waals surface area contributed by atoms with Crippen LogP contribution in [0.1, 0.15) is 37.4 Å². The molecule has 3 nitrogen and oxygen atoms in total. The van der Waals surface area contributed by atoms with Gasteiger partial charge in [-0.15, -0.1) is 0 Å². The summed E-state index contributed by atoms with van der Waals surface area (Å²) in [4.78, 5) is 12.1. The Hall–Kier alpha value is -2.29. The molecule has 2 aromatic rings. The molecule has 2 rings (SSSR count). The van der Waals surface area contributed by atoms with Crippen molar-refractivity contribution in [3.8, 4) is 0 Å². The number of rotatable bonds is 5. The number of nitrogens with one attached hydrogen (secondary N) is 2. The van der Waals surface area contributed by atoms with Gasteiger partial charge in [0.25, 0.3) is 0 Å². The summed E-state index contributed by atoms with van der Waals surface area (Å²) in [6.07, 6.45) is 0.911.